The van der Waals surface area contributed by atoms with Crippen molar-refractivity contribution in [2.24, 2.45) is 7.05 Å². The molecule has 0 aliphatic carbocycles. The van der Waals surface area contributed by atoms with Crippen molar-refractivity contribution in [1.82, 2.24) is 9.78 Å². The number of para-hydroxylation sites is 1. The van der Waals surface area contributed by atoms with Gasteiger partial charge in [-0.3, -0.25) is 4.68 Å². The summed E-state index contributed by atoms with van der Waals surface area (Å²) in [5, 5.41) is 6.94. The van der Waals surface area contributed by atoms with Crippen LogP contribution in [0.5, 0.6) is 0 Å². The SMILES string of the molecule is Cc1ccccc1C(CBr)Cc1nn(C)c2ccccc12. The van der Waals surface area contributed by atoms with Gasteiger partial charge in [0.15, 0.2) is 0 Å². The van der Waals surface area contributed by atoms with Crippen molar-refractivity contribution >= 4 is 26.8 Å². The largest absolute Gasteiger partial charge is 0.268 e. The molecular formula is C18H19BrN2. The van der Waals surface area contributed by atoms with E-state index in [0.29, 0.717) is 5.92 Å². The summed E-state index contributed by atoms with van der Waals surface area (Å²) in [6.07, 6.45) is 0.956. The molecule has 1 unspecified atom stereocenters. The fourth-order valence-electron chi connectivity index (χ4n) is 2.97. The van der Waals surface area contributed by atoms with E-state index in [2.05, 4.69) is 71.4 Å². The van der Waals surface area contributed by atoms with E-state index in [9.17, 15) is 0 Å². The molecular weight excluding hydrogens is 324 g/mol. The lowest BCUT2D eigenvalue weighted by Gasteiger charge is -2.16. The first-order valence-corrected chi connectivity index (χ1v) is 8.35. The first-order valence-electron chi connectivity index (χ1n) is 7.23. The van der Waals surface area contributed by atoms with Gasteiger partial charge >= 0.3 is 0 Å². The van der Waals surface area contributed by atoms with E-state index < -0.39 is 0 Å². The lowest BCUT2D eigenvalue weighted by atomic mass is 9.92. The minimum atomic E-state index is 0.449. The molecule has 1 aromatic heterocycles. The van der Waals surface area contributed by atoms with Gasteiger partial charge in [-0.15, -0.1) is 0 Å². The third-order valence-corrected chi connectivity index (χ3v) is 4.87. The van der Waals surface area contributed by atoms with Gasteiger partial charge in [-0.25, -0.2) is 0 Å². The third-order valence-electron chi connectivity index (χ3n) is 4.09. The Morgan fingerprint density at radius 1 is 1.10 bits per heavy atom. The topological polar surface area (TPSA) is 17.8 Å². The van der Waals surface area contributed by atoms with Crippen molar-refractivity contribution in [3.8, 4) is 0 Å². The number of halogens is 1. The molecule has 0 bridgehead atoms. The predicted molar refractivity (Wildman–Crippen MR) is 92.1 cm³/mol. The monoisotopic (exact) mass is 342 g/mol. The van der Waals surface area contributed by atoms with Gasteiger partial charge in [-0.1, -0.05) is 58.4 Å². The summed E-state index contributed by atoms with van der Waals surface area (Å²) in [5.74, 6) is 0.449. The summed E-state index contributed by atoms with van der Waals surface area (Å²) in [6, 6.07) is 17.1. The van der Waals surface area contributed by atoms with Crippen LogP contribution in [0.1, 0.15) is 22.7 Å². The molecule has 108 valence electrons. The summed E-state index contributed by atoms with van der Waals surface area (Å²) >= 11 is 3.68. The van der Waals surface area contributed by atoms with Gasteiger partial charge in [-0.2, -0.15) is 5.10 Å². The number of aromatic nitrogens is 2. The first-order chi connectivity index (χ1) is 10.2. The van der Waals surface area contributed by atoms with Crippen molar-refractivity contribution < 1.29 is 0 Å². The van der Waals surface area contributed by atoms with Gasteiger partial charge in [0.2, 0.25) is 0 Å². The number of rotatable bonds is 4. The van der Waals surface area contributed by atoms with Gasteiger partial charge in [0, 0.05) is 17.8 Å². The maximum Gasteiger partial charge on any atom is 0.0709 e. The number of benzene rings is 2. The minimum absolute atomic E-state index is 0.449. The van der Waals surface area contributed by atoms with Crippen LogP contribution < -0.4 is 0 Å². The van der Waals surface area contributed by atoms with Gasteiger partial charge in [-0.05, 0) is 36.5 Å². The van der Waals surface area contributed by atoms with Crippen molar-refractivity contribution in [3.05, 3.63) is 65.4 Å². The summed E-state index contributed by atoms with van der Waals surface area (Å²) < 4.78 is 1.98. The quantitative estimate of drug-likeness (QED) is 0.633. The fourth-order valence-corrected chi connectivity index (χ4v) is 3.54. The number of hydrogen-bond acceptors (Lipinski definition) is 1. The fraction of sp³-hybridized carbons (Fsp3) is 0.278. The zero-order valence-corrected chi connectivity index (χ0v) is 14.0. The van der Waals surface area contributed by atoms with Gasteiger partial charge < -0.3 is 0 Å². The highest BCUT2D eigenvalue weighted by Crippen LogP contribution is 2.28. The molecule has 0 aliphatic rings. The van der Waals surface area contributed by atoms with Crippen LogP contribution in [0.15, 0.2) is 48.5 Å². The van der Waals surface area contributed by atoms with E-state index in [1.165, 1.54) is 27.7 Å². The molecule has 1 heterocycles. The molecule has 0 aliphatic heterocycles. The Labute approximate surface area is 133 Å². The highest BCUT2D eigenvalue weighted by molar-refractivity contribution is 9.09. The summed E-state index contributed by atoms with van der Waals surface area (Å²) in [7, 11) is 2.02. The van der Waals surface area contributed by atoms with E-state index in [4.69, 9.17) is 5.10 Å². The number of nitrogens with zero attached hydrogens (tertiary/aromatic N) is 2. The van der Waals surface area contributed by atoms with Crippen LogP contribution in [0, 0.1) is 6.92 Å². The number of aryl methyl sites for hydroxylation is 2. The molecule has 3 aromatic rings. The van der Waals surface area contributed by atoms with Crippen LogP contribution in [0.2, 0.25) is 0 Å². The highest BCUT2D eigenvalue weighted by atomic mass is 79.9. The molecule has 0 amide bonds. The molecule has 0 fully saturated rings. The molecule has 2 aromatic carbocycles. The van der Waals surface area contributed by atoms with E-state index in [1.807, 2.05) is 11.7 Å². The van der Waals surface area contributed by atoms with Crippen molar-refractivity contribution in [3.63, 3.8) is 0 Å². The van der Waals surface area contributed by atoms with Crippen LogP contribution in [-0.4, -0.2) is 15.1 Å². The molecule has 0 spiro atoms. The Balaban J connectivity index is 1.99. The first kappa shape index (κ1) is 14.3. The lowest BCUT2D eigenvalue weighted by molar-refractivity contribution is 0.710. The van der Waals surface area contributed by atoms with Gasteiger partial charge in [0.05, 0.1) is 11.2 Å². The second-order valence-corrected chi connectivity index (χ2v) is 6.15. The molecule has 2 nitrogen and oxygen atoms in total. The Morgan fingerprint density at radius 2 is 1.81 bits per heavy atom. The van der Waals surface area contributed by atoms with E-state index >= 15 is 0 Å². The third kappa shape index (κ3) is 2.75. The number of alkyl halides is 1. The highest BCUT2D eigenvalue weighted by Gasteiger charge is 2.17. The van der Waals surface area contributed by atoms with Crippen LogP contribution in [0.25, 0.3) is 10.9 Å². The lowest BCUT2D eigenvalue weighted by Crippen LogP contribution is -2.07. The van der Waals surface area contributed by atoms with Gasteiger partial charge in [0.1, 0.15) is 0 Å². The van der Waals surface area contributed by atoms with Crippen molar-refractivity contribution in [2.75, 3.05) is 5.33 Å². The number of fused-ring (bicyclic) bond motifs is 1. The van der Waals surface area contributed by atoms with Crippen LogP contribution in [-0.2, 0) is 13.5 Å². The second-order valence-electron chi connectivity index (χ2n) is 5.50. The molecule has 0 saturated carbocycles. The van der Waals surface area contributed by atoms with Crippen LogP contribution in [0.3, 0.4) is 0 Å². The van der Waals surface area contributed by atoms with Crippen molar-refractivity contribution in [1.29, 1.82) is 0 Å². The Bertz CT molecular complexity index is 761. The zero-order valence-electron chi connectivity index (χ0n) is 12.4. The predicted octanol–water partition coefficient (Wildman–Crippen LogP) is 4.60. The van der Waals surface area contributed by atoms with Crippen molar-refractivity contribution in [2.45, 2.75) is 19.3 Å². The Hall–Kier alpha value is -1.61. The smallest absolute Gasteiger partial charge is 0.0709 e. The molecule has 3 heteroatoms. The molecule has 21 heavy (non-hydrogen) atoms. The van der Waals surface area contributed by atoms with E-state index in [0.717, 1.165) is 11.8 Å². The maximum absolute atomic E-state index is 4.73. The van der Waals surface area contributed by atoms with E-state index in [-0.39, 0.29) is 0 Å². The number of hydrogen-bond donors (Lipinski definition) is 0. The molecule has 0 radical (unpaired) electrons. The van der Waals surface area contributed by atoms with Crippen LogP contribution in [0.4, 0.5) is 0 Å². The molecule has 3 rings (SSSR count). The standard InChI is InChI=1S/C18H19BrN2/c1-13-7-3-4-8-15(13)14(12-19)11-17-16-9-5-6-10-18(16)21(2)20-17/h3-10,14H,11-12H2,1-2H3. The Kier molecular flexibility index (Phi) is 4.11. The van der Waals surface area contributed by atoms with Crippen LogP contribution >= 0.6 is 15.9 Å². The minimum Gasteiger partial charge on any atom is -0.268 e. The summed E-state index contributed by atoms with van der Waals surface area (Å²) in [4.78, 5) is 0. The molecule has 0 saturated heterocycles. The second kappa shape index (κ2) is 6.02. The van der Waals surface area contributed by atoms with E-state index in [1.54, 1.807) is 0 Å². The summed E-state index contributed by atoms with van der Waals surface area (Å²) in [6.45, 7) is 2.18. The molecule has 0 N–H and O–H groups in total. The maximum atomic E-state index is 4.73. The zero-order chi connectivity index (χ0) is 14.8. The average Bonchev–Trinajstić information content (AvgIpc) is 2.82. The Morgan fingerprint density at radius 3 is 2.57 bits per heavy atom. The normalized spacial score (nSPS) is 12.7. The average molecular weight is 343 g/mol. The summed E-state index contributed by atoms with van der Waals surface area (Å²) in [5.41, 5.74) is 5.14. The van der Waals surface area contributed by atoms with Gasteiger partial charge in [0.25, 0.3) is 0 Å². The molecule has 1 atom stereocenters.